The molecule has 0 bridgehead atoms. The number of morpholine rings is 1. The highest BCUT2D eigenvalue weighted by molar-refractivity contribution is 5.73. The fourth-order valence-corrected chi connectivity index (χ4v) is 3.14. The number of rotatable bonds is 10. The second-order valence-corrected chi connectivity index (χ2v) is 6.65. The molecular formula is C20H34N4O2. The number of benzene rings is 1. The van der Waals surface area contributed by atoms with Crippen LogP contribution in [0.1, 0.15) is 31.4 Å². The zero-order valence-electron chi connectivity index (χ0n) is 16.3. The molecule has 0 saturated carbocycles. The Morgan fingerprint density at radius 2 is 1.81 bits per heavy atom. The zero-order valence-corrected chi connectivity index (χ0v) is 16.3. The van der Waals surface area contributed by atoms with Crippen molar-refractivity contribution in [2.75, 3.05) is 52.5 Å². The fourth-order valence-electron chi connectivity index (χ4n) is 3.14. The Labute approximate surface area is 157 Å². The largest absolute Gasteiger partial charge is 0.379 e. The third kappa shape index (κ3) is 7.32. The molecule has 2 amide bonds. The number of ether oxygens (including phenoxy) is 1. The van der Waals surface area contributed by atoms with Crippen LogP contribution >= 0.6 is 0 Å². The number of hydrogen-bond donors (Lipinski definition) is 2. The van der Waals surface area contributed by atoms with E-state index in [9.17, 15) is 4.79 Å². The predicted octanol–water partition coefficient (Wildman–Crippen LogP) is 2.05. The van der Waals surface area contributed by atoms with Crippen molar-refractivity contribution >= 4 is 6.03 Å². The summed E-state index contributed by atoms with van der Waals surface area (Å²) in [5, 5.41) is 5.94. The van der Waals surface area contributed by atoms with Crippen molar-refractivity contribution in [2.45, 2.75) is 33.4 Å². The molecular weight excluding hydrogens is 328 g/mol. The molecule has 0 spiro atoms. The van der Waals surface area contributed by atoms with Gasteiger partial charge in [-0.3, -0.25) is 9.80 Å². The molecule has 1 aromatic rings. The van der Waals surface area contributed by atoms with E-state index in [0.29, 0.717) is 13.1 Å². The molecule has 0 aromatic heterocycles. The van der Waals surface area contributed by atoms with Gasteiger partial charge in [-0.2, -0.15) is 0 Å². The molecule has 0 aliphatic carbocycles. The number of urea groups is 1. The normalized spacial score (nSPS) is 15.2. The standard InChI is InChI=1S/C20H34N4O2/c1-3-23(4-2)17-19-9-6-5-8-18(19)16-22-20(25)21-10-7-11-24-12-14-26-15-13-24/h5-6,8-9H,3-4,7,10-17H2,1-2H3,(H2,21,22,25). The molecule has 26 heavy (non-hydrogen) atoms. The molecule has 0 radical (unpaired) electrons. The van der Waals surface area contributed by atoms with Crippen LogP contribution in [0.4, 0.5) is 4.79 Å². The van der Waals surface area contributed by atoms with Crippen molar-refractivity contribution < 1.29 is 9.53 Å². The lowest BCUT2D eigenvalue weighted by Crippen LogP contribution is -2.39. The highest BCUT2D eigenvalue weighted by atomic mass is 16.5. The van der Waals surface area contributed by atoms with Crippen molar-refractivity contribution in [1.82, 2.24) is 20.4 Å². The van der Waals surface area contributed by atoms with Gasteiger partial charge in [0.2, 0.25) is 0 Å². The lowest BCUT2D eigenvalue weighted by Gasteiger charge is -2.26. The number of amides is 2. The van der Waals surface area contributed by atoms with Gasteiger partial charge in [0.05, 0.1) is 13.2 Å². The van der Waals surface area contributed by atoms with Gasteiger partial charge in [-0.25, -0.2) is 4.79 Å². The highest BCUT2D eigenvalue weighted by Crippen LogP contribution is 2.11. The Balaban J connectivity index is 1.68. The lowest BCUT2D eigenvalue weighted by molar-refractivity contribution is 0.0375. The zero-order chi connectivity index (χ0) is 18.6. The molecule has 2 N–H and O–H groups in total. The molecule has 6 nitrogen and oxygen atoms in total. The van der Waals surface area contributed by atoms with Crippen molar-refractivity contribution in [3.05, 3.63) is 35.4 Å². The van der Waals surface area contributed by atoms with Crippen LogP contribution in [-0.4, -0.2) is 68.3 Å². The average molecular weight is 363 g/mol. The maximum absolute atomic E-state index is 12.0. The minimum Gasteiger partial charge on any atom is -0.379 e. The van der Waals surface area contributed by atoms with E-state index < -0.39 is 0 Å². The average Bonchev–Trinajstić information content (AvgIpc) is 2.69. The Hall–Kier alpha value is -1.63. The van der Waals surface area contributed by atoms with Crippen LogP contribution in [0.3, 0.4) is 0 Å². The minimum atomic E-state index is -0.0929. The quantitative estimate of drug-likeness (QED) is 0.626. The molecule has 1 fully saturated rings. The predicted molar refractivity (Wildman–Crippen MR) is 105 cm³/mol. The van der Waals surface area contributed by atoms with E-state index in [1.165, 1.54) is 11.1 Å². The molecule has 146 valence electrons. The third-order valence-corrected chi connectivity index (χ3v) is 4.89. The summed E-state index contributed by atoms with van der Waals surface area (Å²) in [6.07, 6.45) is 0.964. The van der Waals surface area contributed by atoms with Gasteiger partial charge < -0.3 is 15.4 Å². The van der Waals surface area contributed by atoms with E-state index in [1.54, 1.807) is 0 Å². The minimum absolute atomic E-state index is 0.0929. The van der Waals surface area contributed by atoms with Gasteiger partial charge in [0.15, 0.2) is 0 Å². The molecule has 1 aliphatic rings. The summed E-state index contributed by atoms with van der Waals surface area (Å²) in [5.74, 6) is 0. The van der Waals surface area contributed by atoms with Gasteiger partial charge >= 0.3 is 6.03 Å². The monoisotopic (exact) mass is 362 g/mol. The second-order valence-electron chi connectivity index (χ2n) is 6.65. The van der Waals surface area contributed by atoms with Crippen LogP contribution < -0.4 is 10.6 Å². The van der Waals surface area contributed by atoms with Crippen molar-refractivity contribution in [3.8, 4) is 0 Å². The number of hydrogen-bond acceptors (Lipinski definition) is 4. The number of carbonyl (C=O) groups is 1. The molecule has 0 unspecified atom stereocenters. The Bertz CT molecular complexity index is 528. The highest BCUT2D eigenvalue weighted by Gasteiger charge is 2.10. The van der Waals surface area contributed by atoms with E-state index in [1.807, 2.05) is 6.07 Å². The van der Waals surface area contributed by atoms with E-state index in [4.69, 9.17) is 4.74 Å². The number of nitrogens with one attached hydrogen (secondary N) is 2. The number of carbonyl (C=O) groups excluding carboxylic acids is 1. The molecule has 1 aliphatic heterocycles. The molecule has 1 saturated heterocycles. The van der Waals surface area contributed by atoms with Gasteiger partial charge in [-0.05, 0) is 37.2 Å². The summed E-state index contributed by atoms with van der Waals surface area (Å²) >= 11 is 0. The van der Waals surface area contributed by atoms with Gasteiger partial charge in [-0.1, -0.05) is 38.1 Å². The van der Waals surface area contributed by atoms with Crippen LogP contribution in [0.15, 0.2) is 24.3 Å². The summed E-state index contributed by atoms with van der Waals surface area (Å²) in [5.41, 5.74) is 2.46. The molecule has 2 rings (SSSR count). The maximum Gasteiger partial charge on any atom is 0.315 e. The van der Waals surface area contributed by atoms with E-state index in [-0.39, 0.29) is 6.03 Å². The molecule has 6 heteroatoms. The Kier molecular flexibility index (Phi) is 9.45. The van der Waals surface area contributed by atoms with E-state index in [0.717, 1.165) is 58.9 Å². The first kappa shape index (κ1) is 20.7. The lowest BCUT2D eigenvalue weighted by atomic mass is 10.1. The van der Waals surface area contributed by atoms with Crippen LogP contribution in [-0.2, 0) is 17.8 Å². The van der Waals surface area contributed by atoms with Crippen LogP contribution in [0, 0.1) is 0 Å². The van der Waals surface area contributed by atoms with Crippen molar-refractivity contribution in [1.29, 1.82) is 0 Å². The van der Waals surface area contributed by atoms with Gasteiger partial charge in [0, 0.05) is 32.7 Å². The summed E-state index contributed by atoms with van der Waals surface area (Å²) in [6.45, 7) is 13.2. The summed E-state index contributed by atoms with van der Waals surface area (Å²) in [6, 6.07) is 8.24. The summed E-state index contributed by atoms with van der Waals surface area (Å²) < 4.78 is 5.34. The maximum atomic E-state index is 12.0. The van der Waals surface area contributed by atoms with Crippen LogP contribution in [0.2, 0.25) is 0 Å². The van der Waals surface area contributed by atoms with E-state index >= 15 is 0 Å². The fraction of sp³-hybridized carbons (Fsp3) is 0.650. The number of nitrogens with zero attached hydrogens (tertiary/aromatic N) is 2. The van der Waals surface area contributed by atoms with Crippen LogP contribution in [0.25, 0.3) is 0 Å². The van der Waals surface area contributed by atoms with Crippen molar-refractivity contribution in [2.24, 2.45) is 0 Å². The van der Waals surface area contributed by atoms with Gasteiger partial charge in [0.1, 0.15) is 0 Å². The van der Waals surface area contributed by atoms with Gasteiger partial charge in [-0.15, -0.1) is 0 Å². The second kappa shape index (κ2) is 11.9. The molecule has 0 atom stereocenters. The topological polar surface area (TPSA) is 56.8 Å². The molecule has 1 aromatic carbocycles. The first-order chi connectivity index (χ1) is 12.7. The third-order valence-electron chi connectivity index (χ3n) is 4.89. The Morgan fingerprint density at radius 3 is 2.50 bits per heavy atom. The first-order valence-electron chi connectivity index (χ1n) is 9.83. The summed E-state index contributed by atoms with van der Waals surface area (Å²) in [7, 11) is 0. The van der Waals surface area contributed by atoms with Gasteiger partial charge in [0.25, 0.3) is 0 Å². The SMILES string of the molecule is CCN(CC)Cc1ccccc1CNC(=O)NCCCN1CCOCC1. The van der Waals surface area contributed by atoms with E-state index in [2.05, 4.69) is 52.5 Å². The first-order valence-corrected chi connectivity index (χ1v) is 9.83. The smallest absolute Gasteiger partial charge is 0.315 e. The summed E-state index contributed by atoms with van der Waals surface area (Å²) in [4.78, 5) is 16.8. The van der Waals surface area contributed by atoms with Crippen molar-refractivity contribution in [3.63, 3.8) is 0 Å². The van der Waals surface area contributed by atoms with Crippen LogP contribution in [0.5, 0.6) is 0 Å². The Morgan fingerprint density at radius 1 is 1.12 bits per heavy atom. The molecule has 1 heterocycles.